The Hall–Kier alpha value is -7.20. The smallest absolute Gasteiger partial charge is 0.135 e. The molecular weight excluding hydrogens is 1110 g/mol. The quantitative estimate of drug-likeness (QED) is 0.142. The summed E-state index contributed by atoms with van der Waals surface area (Å²) in [5, 5.41) is 2.22. The monoisotopic (exact) mass is 1170 g/mol. The summed E-state index contributed by atoms with van der Waals surface area (Å²) < 4.78 is 8.97. The number of ether oxygens (including phenoxy) is 1. The SMILES string of the molecule is CC(C)(C)c1ccnc(-n2c3[c-]c(Oc4[c-]c(N5[CH-]N(c6c(-c7ccc(-c8ccccc8)cc7)cc(C(C)(C)C)cc6-c6ccc(C(C)(C)C)cc6C(C)(C)C)c6ccccc65)ccc4)ccc3c3ccccc32)c1.[Pt]. The molecule has 0 saturated heterocycles. The molecule has 0 radical (unpaired) electrons. The third kappa shape index (κ3) is 9.91. The zero-order valence-electron chi connectivity index (χ0n) is 45.9. The van der Waals surface area contributed by atoms with Gasteiger partial charge in [-0.25, -0.2) is 4.98 Å². The first-order chi connectivity index (χ1) is 35.7. The molecule has 386 valence electrons. The van der Waals surface area contributed by atoms with Gasteiger partial charge in [0, 0.05) is 72.5 Å². The zero-order chi connectivity index (χ0) is 52.6. The van der Waals surface area contributed by atoms with Crippen molar-refractivity contribution in [2.45, 2.75) is 105 Å². The molecular formula is C70H67N4OPt-3. The van der Waals surface area contributed by atoms with Crippen LogP contribution >= 0.6 is 0 Å². The van der Waals surface area contributed by atoms with Crippen LogP contribution in [0.5, 0.6) is 11.5 Å². The van der Waals surface area contributed by atoms with Gasteiger partial charge in [-0.2, -0.15) is 12.1 Å². The maximum absolute atomic E-state index is 6.77. The van der Waals surface area contributed by atoms with Gasteiger partial charge in [0.15, 0.2) is 0 Å². The van der Waals surface area contributed by atoms with E-state index in [0.717, 1.165) is 61.5 Å². The van der Waals surface area contributed by atoms with Crippen molar-refractivity contribution >= 4 is 44.6 Å². The number of hydrogen-bond donors (Lipinski definition) is 0. The molecule has 76 heavy (non-hydrogen) atoms. The van der Waals surface area contributed by atoms with Crippen LogP contribution in [0.15, 0.2) is 182 Å². The van der Waals surface area contributed by atoms with Crippen LogP contribution in [-0.2, 0) is 42.7 Å². The van der Waals surface area contributed by atoms with Crippen LogP contribution < -0.4 is 14.5 Å². The Bertz CT molecular complexity index is 3770. The van der Waals surface area contributed by atoms with Gasteiger partial charge in [-0.15, -0.1) is 48.1 Å². The Balaban J connectivity index is 0.00000657. The van der Waals surface area contributed by atoms with E-state index in [4.69, 9.17) is 9.72 Å². The second kappa shape index (κ2) is 19.7. The number of fused-ring (bicyclic) bond motifs is 4. The normalized spacial score (nSPS) is 13.1. The van der Waals surface area contributed by atoms with Crippen molar-refractivity contribution in [1.82, 2.24) is 9.55 Å². The fourth-order valence-corrected chi connectivity index (χ4v) is 10.5. The predicted octanol–water partition coefficient (Wildman–Crippen LogP) is 19.2. The van der Waals surface area contributed by atoms with Crippen molar-refractivity contribution < 1.29 is 25.8 Å². The van der Waals surface area contributed by atoms with Crippen molar-refractivity contribution in [2.24, 2.45) is 0 Å². The van der Waals surface area contributed by atoms with Crippen molar-refractivity contribution in [2.75, 3.05) is 9.80 Å². The minimum atomic E-state index is -0.149. The van der Waals surface area contributed by atoms with Gasteiger partial charge in [0.25, 0.3) is 0 Å². The molecule has 1 aliphatic rings. The summed E-state index contributed by atoms with van der Waals surface area (Å²) in [5.74, 6) is 2.03. The first kappa shape index (κ1) is 52.2. The number of pyridine rings is 1. The van der Waals surface area contributed by atoms with Gasteiger partial charge in [-0.05, 0) is 114 Å². The van der Waals surface area contributed by atoms with Gasteiger partial charge in [0.2, 0.25) is 0 Å². The van der Waals surface area contributed by atoms with Gasteiger partial charge in [0.1, 0.15) is 5.82 Å². The molecule has 5 nitrogen and oxygen atoms in total. The molecule has 0 spiro atoms. The minimum absolute atomic E-state index is 0. The number of hydrogen-bond acceptors (Lipinski definition) is 4. The van der Waals surface area contributed by atoms with Crippen molar-refractivity contribution in [1.29, 1.82) is 0 Å². The Morgan fingerprint density at radius 1 is 0.447 bits per heavy atom. The standard InChI is InChI=1S/C70H67N4O.Pt/c1-67(2,3)49-33-35-55(60(41-49)70(10,11)12)59-40-51(69(7,8)9)39-58(48-31-29-47(30-32-48)46-21-14-13-15-22-46)66(59)73-45-72(62-27-18-19-28-63(62)73)52-23-20-24-53(43-52)75-54-34-36-57-56-25-16-17-26-61(56)74(64(57)44-54)65-42-50(37-38-71-65)68(4,5)6;/h13-42,45H,1-12H3;/q-3;. The van der Waals surface area contributed by atoms with Crippen molar-refractivity contribution in [3.8, 4) is 50.7 Å². The molecule has 8 aromatic carbocycles. The van der Waals surface area contributed by atoms with Crippen LogP contribution in [0.4, 0.5) is 22.7 Å². The summed E-state index contributed by atoms with van der Waals surface area (Å²) in [7, 11) is 0. The molecule has 3 heterocycles. The Labute approximate surface area is 465 Å². The minimum Gasteiger partial charge on any atom is -0.509 e. The van der Waals surface area contributed by atoms with Crippen LogP contribution in [0.25, 0.3) is 61.0 Å². The molecule has 0 aliphatic carbocycles. The molecule has 0 fully saturated rings. The fraction of sp³-hybridized carbons (Fsp3) is 0.229. The van der Waals surface area contributed by atoms with E-state index in [-0.39, 0.29) is 42.7 Å². The van der Waals surface area contributed by atoms with E-state index in [0.29, 0.717) is 11.5 Å². The van der Waals surface area contributed by atoms with Gasteiger partial charge < -0.3 is 19.1 Å². The molecule has 6 heteroatoms. The maximum atomic E-state index is 6.77. The van der Waals surface area contributed by atoms with E-state index in [9.17, 15) is 0 Å². The molecule has 0 N–H and O–H groups in total. The second-order valence-corrected chi connectivity index (χ2v) is 24.3. The summed E-state index contributed by atoms with van der Waals surface area (Å²) in [6, 6.07) is 71.0. The third-order valence-electron chi connectivity index (χ3n) is 14.8. The second-order valence-electron chi connectivity index (χ2n) is 24.3. The number of benzene rings is 8. The first-order valence-electron chi connectivity index (χ1n) is 26.4. The average Bonchev–Trinajstić information content (AvgIpc) is 3.97. The maximum Gasteiger partial charge on any atom is 0.135 e. The molecule has 0 atom stereocenters. The summed E-state index contributed by atoms with van der Waals surface area (Å²) in [5.41, 5.74) is 18.0. The molecule has 11 rings (SSSR count). The van der Waals surface area contributed by atoms with E-state index in [1.54, 1.807) is 0 Å². The molecule has 10 aromatic rings. The Morgan fingerprint density at radius 3 is 1.75 bits per heavy atom. The van der Waals surface area contributed by atoms with Crippen LogP contribution in [0.2, 0.25) is 0 Å². The fourth-order valence-electron chi connectivity index (χ4n) is 10.5. The van der Waals surface area contributed by atoms with Crippen molar-refractivity contribution in [3.05, 3.63) is 223 Å². The van der Waals surface area contributed by atoms with Gasteiger partial charge >= 0.3 is 0 Å². The molecule has 2 aromatic heterocycles. The number of nitrogens with zero attached hydrogens (tertiary/aromatic N) is 4. The van der Waals surface area contributed by atoms with Crippen LogP contribution in [0.1, 0.15) is 105 Å². The summed E-state index contributed by atoms with van der Waals surface area (Å²) >= 11 is 0. The van der Waals surface area contributed by atoms with E-state index in [2.05, 4.69) is 274 Å². The number of para-hydroxylation sites is 3. The predicted molar refractivity (Wildman–Crippen MR) is 315 cm³/mol. The van der Waals surface area contributed by atoms with E-state index >= 15 is 0 Å². The van der Waals surface area contributed by atoms with Gasteiger partial charge in [-0.1, -0.05) is 192 Å². The van der Waals surface area contributed by atoms with Crippen LogP contribution in [0.3, 0.4) is 0 Å². The summed E-state index contributed by atoms with van der Waals surface area (Å²) in [6.07, 6.45) is 1.91. The van der Waals surface area contributed by atoms with Crippen LogP contribution in [0, 0.1) is 18.8 Å². The number of rotatable bonds is 8. The van der Waals surface area contributed by atoms with Gasteiger partial charge in [-0.3, -0.25) is 0 Å². The Kier molecular flexibility index (Phi) is 13.6. The third-order valence-corrected chi connectivity index (χ3v) is 14.8. The Morgan fingerprint density at radius 2 is 1.05 bits per heavy atom. The first-order valence-corrected chi connectivity index (χ1v) is 26.4. The molecule has 0 bridgehead atoms. The zero-order valence-corrected chi connectivity index (χ0v) is 48.2. The molecule has 0 amide bonds. The van der Waals surface area contributed by atoms with Crippen molar-refractivity contribution in [3.63, 3.8) is 0 Å². The van der Waals surface area contributed by atoms with Crippen LogP contribution in [-0.4, -0.2) is 9.55 Å². The molecule has 0 unspecified atom stereocenters. The molecule has 1 aliphatic heterocycles. The summed E-state index contributed by atoms with van der Waals surface area (Å²) in [4.78, 5) is 9.55. The molecule has 0 saturated carbocycles. The topological polar surface area (TPSA) is 33.5 Å². The van der Waals surface area contributed by atoms with E-state index < -0.39 is 0 Å². The number of anilines is 4. The van der Waals surface area contributed by atoms with E-state index in [1.807, 2.05) is 24.4 Å². The largest absolute Gasteiger partial charge is 0.509 e. The summed E-state index contributed by atoms with van der Waals surface area (Å²) in [6.45, 7) is 29.9. The van der Waals surface area contributed by atoms with Gasteiger partial charge in [0.05, 0.1) is 0 Å². The average molecular weight is 1180 g/mol. The van der Waals surface area contributed by atoms with E-state index in [1.165, 1.54) is 44.5 Å². The number of aromatic nitrogens is 2.